The van der Waals surface area contributed by atoms with Crippen LogP contribution in [0.2, 0.25) is 0 Å². The molecule has 2 aromatic rings. The summed E-state index contributed by atoms with van der Waals surface area (Å²) < 4.78 is 1.99. The summed E-state index contributed by atoms with van der Waals surface area (Å²) in [5.74, 6) is 0. The molecule has 1 fully saturated rings. The van der Waals surface area contributed by atoms with Crippen LogP contribution in [0.4, 0.5) is 0 Å². The summed E-state index contributed by atoms with van der Waals surface area (Å²) >= 11 is 0. The second kappa shape index (κ2) is 2.69. The Morgan fingerprint density at radius 2 is 2.27 bits per heavy atom. The van der Waals surface area contributed by atoms with Crippen LogP contribution in [0.3, 0.4) is 0 Å². The molecule has 3 heteroatoms. The normalized spacial score (nSPS) is 17.9. The predicted octanol–water partition coefficient (Wildman–Crippen LogP) is 1.80. The van der Waals surface area contributed by atoms with Gasteiger partial charge in [0.1, 0.15) is 6.29 Å². The number of aldehydes is 1. The van der Waals surface area contributed by atoms with Crippen LogP contribution in [0.5, 0.6) is 0 Å². The smallest absolute Gasteiger partial charge is 0.130 e. The Bertz CT molecular complexity index is 538. The second-order valence-electron chi connectivity index (χ2n) is 4.33. The van der Waals surface area contributed by atoms with E-state index in [2.05, 4.69) is 4.98 Å². The summed E-state index contributed by atoms with van der Waals surface area (Å²) in [5, 5.41) is 0. The third-order valence-corrected chi connectivity index (χ3v) is 3.31. The highest BCUT2D eigenvalue weighted by atomic mass is 16.1. The average molecular weight is 200 g/mol. The molecule has 3 rings (SSSR count). The molecule has 0 atom stereocenters. The van der Waals surface area contributed by atoms with Crippen LogP contribution in [-0.2, 0) is 17.3 Å². The number of fused-ring (bicyclic) bond motifs is 1. The molecular formula is C12H12N2O. The fraction of sp³-hybridized carbons (Fsp3) is 0.333. The molecule has 15 heavy (non-hydrogen) atoms. The maximum absolute atomic E-state index is 11.0. The van der Waals surface area contributed by atoms with Crippen LogP contribution in [-0.4, -0.2) is 15.8 Å². The lowest BCUT2D eigenvalue weighted by molar-refractivity contribution is -0.109. The van der Waals surface area contributed by atoms with Gasteiger partial charge in [0.15, 0.2) is 0 Å². The largest absolute Gasteiger partial charge is 0.334 e. The van der Waals surface area contributed by atoms with E-state index >= 15 is 0 Å². The predicted molar refractivity (Wildman–Crippen MR) is 57.7 cm³/mol. The molecule has 0 unspecified atom stereocenters. The fourth-order valence-electron chi connectivity index (χ4n) is 2.06. The Hall–Kier alpha value is -1.64. The number of nitrogens with zero attached hydrogens (tertiary/aromatic N) is 2. The van der Waals surface area contributed by atoms with E-state index in [4.69, 9.17) is 0 Å². The molecule has 1 aliphatic rings. The minimum Gasteiger partial charge on any atom is -0.334 e. The van der Waals surface area contributed by atoms with Gasteiger partial charge in [-0.25, -0.2) is 4.98 Å². The van der Waals surface area contributed by atoms with Gasteiger partial charge in [-0.3, -0.25) is 0 Å². The quantitative estimate of drug-likeness (QED) is 0.693. The third kappa shape index (κ3) is 1.12. The van der Waals surface area contributed by atoms with E-state index in [-0.39, 0.29) is 5.41 Å². The van der Waals surface area contributed by atoms with Gasteiger partial charge in [-0.05, 0) is 30.5 Å². The number of imidazole rings is 1. The lowest BCUT2D eigenvalue weighted by atomic mass is 9.97. The Labute approximate surface area is 87.7 Å². The SMILES string of the molecule is Cn1cnc2cc(C3(C=O)CC3)ccc21. The first-order valence-corrected chi connectivity index (χ1v) is 5.13. The van der Waals surface area contributed by atoms with Crippen molar-refractivity contribution in [3.8, 4) is 0 Å². The summed E-state index contributed by atoms with van der Waals surface area (Å²) in [7, 11) is 1.97. The van der Waals surface area contributed by atoms with E-state index in [1.807, 2.05) is 29.8 Å². The maximum atomic E-state index is 11.0. The van der Waals surface area contributed by atoms with Crippen molar-refractivity contribution in [1.82, 2.24) is 9.55 Å². The van der Waals surface area contributed by atoms with Crippen molar-refractivity contribution in [2.75, 3.05) is 0 Å². The molecule has 1 saturated carbocycles. The highest BCUT2D eigenvalue weighted by Crippen LogP contribution is 2.46. The fourth-order valence-corrected chi connectivity index (χ4v) is 2.06. The van der Waals surface area contributed by atoms with Gasteiger partial charge in [-0.15, -0.1) is 0 Å². The number of carbonyl (C=O) groups is 1. The van der Waals surface area contributed by atoms with Gasteiger partial charge in [-0.2, -0.15) is 0 Å². The molecule has 0 amide bonds. The summed E-state index contributed by atoms with van der Waals surface area (Å²) in [6.45, 7) is 0. The van der Waals surface area contributed by atoms with E-state index < -0.39 is 0 Å². The summed E-state index contributed by atoms with van der Waals surface area (Å²) in [6, 6.07) is 6.13. The molecule has 1 aromatic heterocycles. The average Bonchev–Trinajstić information content (AvgIpc) is 2.99. The Morgan fingerprint density at radius 3 is 2.93 bits per heavy atom. The molecule has 3 nitrogen and oxygen atoms in total. The molecule has 1 heterocycles. The maximum Gasteiger partial charge on any atom is 0.130 e. The van der Waals surface area contributed by atoms with Crippen LogP contribution in [0, 0.1) is 0 Å². The Balaban J connectivity index is 2.18. The molecule has 1 aromatic carbocycles. The second-order valence-corrected chi connectivity index (χ2v) is 4.33. The van der Waals surface area contributed by atoms with Crippen molar-refractivity contribution in [2.24, 2.45) is 7.05 Å². The molecular weight excluding hydrogens is 188 g/mol. The van der Waals surface area contributed by atoms with Crippen molar-refractivity contribution in [2.45, 2.75) is 18.3 Å². The van der Waals surface area contributed by atoms with Crippen LogP contribution < -0.4 is 0 Å². The van der Waals surface area contributed by atoms with Gasteiger partial charge >= 0.3 is 0 Å². The van der Waals surface area contributed by atoms with E-state index in [9.17, 15) is 4.79 Å². The lowest BCUT2D eigenvalue weighted by Gasteiger charge is -2.06. The number of hydrogen-bond donors (Lipinski definition) is 0. The number of rotatable bonds is 2. The number of aromatic nitrogens is 2. The highest BCUT2D eigenvalue weighted by Gasteiger charge is 2.44. The summed E-state index contributed by atoms with van der Waals surface area (Å²) in [5.41, 5.74) is 3.01. The standard InChI is InChI=1S/C12H12N2O/c1-14-8-13-10-6-9(2-3-11(10)14)12(7-15)4-5-12/h2-3,6-8H,4-5H2,1H3. The zero-order chi connectivity index (χ0) is 10.5. The van der Waals surface area contributed by atoms with E-state index in [1.54, 1.807) is 6.33 Å². The van der Waals surface area contributed by atoms with Gasteiger partial charge in [-0.1, -0.05) is 6.07 Å². The summed E-state index contributed by atoms with van der Waals surface area (Å²) in [4.78, 5) is 15.3. The monoisotopic (exact) mass is 200 g/mol. The van der Waals surface area contributed by atoms with Crippen molar-refractivity contribution in [3.05, 3.63) is 30.1 Å². The van der Waals surface area contributed by atoms with Crippen LogP contribution >= 0.6 is 0 Å². The van der Waals surface area contributed by atoms with Gasteiger partial charge in [0.2, 0.25) is 0 Å². The Morgan fingerprint density at radius 1 is 1.47 bits per heavy atom. The molecule has 0 spiro atoms. The van der Waals surface area contributed by atoms with Crippen LogP contribution in [0.15, 0.2) is 24.5 Å². The van der Waals surface area contributed by atoms with Crippen LogP contribution in [0.25, 0.3) is 11.0 Å². The molecule has 0 N–H and O–H groups in total. The molecule has 0 saturated heterocycles. The highest BCUT2D eigenvalue weighted by molar-refractivity contribution is 5.80. The minimum atomic E-state index is -0.189. The van der Waals surface area contributed by atoms with Crippen molar-refractivity contribution in [1.29, 1.82) is 0 Å². The number of benzene rings is 1. The third-order valence-electron chi connectivity index (χ3n) is 3.31. The number of aryl methyl sites for hydroxylation is 1. The first kappa shape index (κ1) is 8.65. The van der Waals surface area contributed by atoms with E-state index in [0.29, 0.717) is 0 Å². The van der Waals surface area contributed by atoms with Crippen molar-refractivity contribution < 1.29 is 4.79 Å². The molecule has 0 bridgehead atoms. The van der Waals surface area contributed by atoms with Crippen LogP contribution in [0.1, 0.15) is 18.4 Å². The van der Waals surface area contributed by atoms with Gasteiger partial charge in [0, 0.05) is 7.05 Å². The van der Waals surface area contributed by atoms with Gasteiger partial charge < -0.3 is 9.36 Å². The van der Waals surface area contributed by atoms with E-state index in [1.165, 1.54) is 0 Å². The summed E-state index contributed by atoms with van der Waals surface area (Å²) in [6.07, 6.45) is 4.84. The van der Waals surface area contributed by atoms with Gasteiger partial charge in [0.05, 0.1) is 22.8 Å². The molecule has 0 aliphatic heterocycles. The molecule has 0 radical (unpaired) electrons. The van der Waals surface area contributed by atoms with Crippen molar-refractivity contribution >= 4 is 17.3 Å². The lowest BCUT2D eigenvalue weighted by Crippen LogP contribution is -2.07. The van der Waals surface area contributed by atoms with Gasteiger partial charge in [0.25, 0.3) is 0 Å². The number of carbonyl (C=O) groups excluding carboxylic acids is 1. The topological polar surface area (TPSA) is 34.9 Å². The minimum absolute atomic E-state index is 0.189. The Kier molecular flexibility index (Phi) is 1.55. The zero-order valence-electron chi connectivity index (χ0n) is 8.60. The number of hydrogen-bond acceptors (Lipinski definition) is 2. The first-order valence-electron chi connectivity index (χ1n) is 5.13. The first-order chi connectivity index (χ1) is 7.25. The molecule has 76 valence electrons. The van der Waals surface area contributed by atoms with E-state index in [0.717, 1.165) is 35.7 Å². The molecule has 1 aliphatic carbocycles. The zero-order valence-corrected chi connectivity index (χ0v) is 8.60. The van der Waals surface area contributed by atoms with Crippen molar-refractivity contribution in [3.63, 3.8) is 0 Å².